The average Bonchev–Trinajstić information content (AvgIpc) is 3.24. The molecule has 0 bridgehead atoms. The summed E-state index contributed by atoms with van der Waals surface area (Å²) >= 11 is 0. The first-order valence-corrected chi connectivity index (χ1v) is 7.36. The molecule has 25 heavy (non-hydrogen) atoms. The number of hydrogen-bond donors (Lipinski definition) is 1. The van der Waals surface area contributed by atoms with Gasteiger partial charge in [0.25, 0.3) is 5.89 Å². The van der Waals surface area contributed by atoms with Gasteiger partial charge < -0.3 is 23.8 Å². The van der Waals surface area contributed by atoms with Crippen molar-refractivity contribution in [2.45, 2.75) is 25.6 Å². The molecule has 0 saturated carbocycles. The molecule has 3 rings (SSSR count). The maximum atomic E-state index is 12.5. The van der Waals surface area contributed by atoms with Crippen LogP contribution in [0.15, 0.2) is 34.2 Å². The Kier molecular flexibility index (Phi) is 4.79. The van der Waals surface area contributed by atoms with Crippen LogP contribution in [0.1, 0.15) is 24.8 Å². The summed E-state index contributed by atoms with van der Waals surface area (Å²) in [5.74, 6) is 0.216. The van der Waals surface area contributed by atoms with Gasteiger partial charge in [-0.3, -0.25) is 0 Å². The molecule has 1 unspecified atom stereocenters. The van der Waals surface area contributed by atoms with Gasteiger partial charge in [0.2, 0.25) is 12.0 Å². The molecule has 1 aromatic heterocycles. The Labute approximate surface area is 141 Å². The molecule has 1 atom stereocenters. The molecule has 1 N–H and O–H groups in total. The van der Waals surface area contributed by atoms with Gasteiger partial charge in [0.15, 0.2) is 11.5 Å². The highest BCUT2D eigenvalue weighted by Crippen LogP contribution is 2.37. The molecule has 1 aliphatic rings. The molecule has 0 radical (unpaired) electrons. The van der Waals surface area contributed by atoms with Gasteiger partial charge in [0, 0.05) is 12.0 Å². The fraction of sp³-hybridized carbons (Fsp3) is 0.400. The van der Waals surface area contributed by atoms with Crippen LogP contribution in [0, 0.1) is 0 Å². The van der Waals surface area contributed by atoms with E-state index in [0.29, 0.717) is 17.7 Å². The lowest BCUT2D eigenvalue weighted by atomic mass is 9.95. The van der Waals surface area contributed by atoms with Crippen LogP contribution >= 0.6 is 0 Å². The summed E-state index contributed by atoms with van der Waals surface area (Å²) < 4.78 is 39.8. The predicted octanol–water partition coefficient (Wildman–Crippen LogP) is 2.08. The minimum Gasteiger partial charge on any atom is -0.487 e. The number of alkyl halides is 2. The van der Waals surface area contributed by atoms with Crippen molar-refractivity contribution in [3.05, 3.63) is 36.0 Å². The second kappa shape index (κ2) is 7.01. The number of rotatable bonds is 7. The second-order valence-electron chi connectivity index (χ2n) is 5.39. The third-order valence-corrected chi connectivity index (χ3v) is 3.52. The van der Waals surface area contributed by atoms with Crippen LogP contribution in [0.5, 0.6) is 11.5 Å². The van der Waals surface area contributed by atoms with E-state index < -0.39 is 12.2 Å². The van der Waals surface area contributed by atoms with Gasteiger partial charge in [0.05, 0.1) is 12.3 Å². The highest BCUT2D eigenvalue weighted by Gasteiger charge is 2.41. The number of oxime groups is 1. The number of ether oxygens (including phenoxy) is 2. The van der Waals surface area contributed by atoms with Crippen LogP contribution in [-0.2, 0) is 10.4 Å². The van der Waals surface area contributed by atoms with Gasteiger partial charge in [-0.15, -0.1) is 10.2 Å². The van der Waals surface area contributed by atoms with E-state index in [9.17, 15) is 8.78 Å². The normalized spacial score (nSPS) is 19.6. The number of halogens is 2. The van der Waals surface area contributed by atoms with Crippen LogP contribution in [0.3, 0.4) is 0 Å². The van der Waals surface area contributed by atoms with E-state index in [1.54, 1.807) is 13.0 Å². The first-order chi connectivity index (χ1) is 12.0. The van der Waals surface area contributed by atoms with Crippen LogP contribution < -0.4 is 9.47 Å². The maximum Gasteiger partial charge on any atom is 0.387 e. The zero-order valence-corrected chi connectivity index (χ0v) is 13.2. The van der Waals surface area contributed by atoms with Crippen LogP contribution in [0.4, 0.5) is 8.78 Å². The van der Waals surface area contributed by atoms with Crippen molar-refractivity contribution in [3.8, 4) is 11.5 Å². The molecule has 0 spiro atoms. The van der Waals surface area contributed by atoms with E-state index in [2.05, 4.69) is 20.1 Å². The Morgan fingerprint density at radius 2 is 2.20 bits per heavy atom. The van der Waals surface area contributed by atoms with Gasteiger partial charge >= 0.3 is 6.61 Å². The smallest absolute Gasteiger partial charge is 0.387 e. The highest BCUT2D eigenvalue weighted by atomic mass is 19.3. The molecule has 10 heteroatoms. The maximum absolute atomic E-state index is 12.5. The Balaban J connectivity index is 1.83. The topological polar surface area (TPSA) is 99.2 Å². The molecular weight excluding hydrogens is 340 g/mol. The zero-order chi connectivity index (χ0) is 17.9. The number of aliphatic hydroxyl groups is 1. The van der Waals surface area contributed by atoms with E-state index in [0.717, 1.165) is 0 Å². The van der Waals surface area contributed by atoms with E-state index in [1.165, 1.54) is 18.5 Å². The van der Waals surface area contributed by atoms with E-state index >= 15 is 0 Å². The van der Waals surface area contributed by atoms with Crippen LogP contribution in [0.2, 0.25) is 0 Å². The molecule has 1 aromatic carbocycles. The lowest BCUT2D eigenvalue weighted by Gasteiger charge is -2.16. The molecule has 0 amide bonds. The molecule has 134 valence electrons. The second-order valence-corrected chi connectivity index (χ2v) is 5.39. The summed E-state index contributed by atoms with van der Waals surface area (Å²) in [5, 5.41) is 20.3. The molecule has 0 aliphatic carbocycles. The van der Waals surface area contributed by atoms with Crippen molar-refractivity contribution < 1.29 is 32.6 Å². The van der Waals surface area contributed by atoms with Crippen molar-refractivity contribution >= 4 is 5.71 Å². The molecule has 8 nitrogen and oxygen atoms in total. The Hall–Kier alpha value is -2.75. The Bertz CT molecular complexity index is 754. The van der Waals surface area contributed by atoms with Gasteiger partial charge in [-0.1, -0.05) is 5.16 Å². The van der Waals surface area contributed by atoms with Crippen LogP contribution in [-0.4, -0.2) is 40.8 Å². The summed E-state index contributed by atoms with van der Waals surface area (Å²) in [6.45, 7) is -1.58. The lowest BCUT2D eigenvalue weighted by molar-refractivity contribution is -0.0516. The molecule has 2 heterocycles. The average molecular weight is 355 g/mol. The summed E-state index contributed by atoms with van der Waals surface area (Å²) in [7, 11) is 0. The monoisotopic (exact) mass is 355 g/mol. The van der Waals surface area contributed by atoms with Crippen LogP contribution in [0.25, 0.3) is 0 Å². The number of aromatic nitrogens is 2. The third-order valence-electron chi connectivity index (χ3n) is 3.52. The first kappa shape index (κ1) is 17.1. The molecule has 0 saturated heterocycles. The quantitative estimate of drug-likeness (QED) is 0.812. The number of aliphatic hydroxyl groups excluding tert-OH is 1. The van der Waals surface area contributed by atoms with Crippen molar-refractivity contribution in [1.82, 2.24) is 10.2 Å². The SMILES string of the molecule is CC1(c2nnco2)CC(c2ccc(OC(F)F)c(OCCO)c2)=NO1. The zero-order valence-electron chi connectivity index (χ0n) is 13.2. The minimum atomic E-state index is -2.99. The Morgan fingerprint density at radius 3 is 2.88 bits per heavy atom. The van der Waals surface area contributed by atoms with Crippen molar-refractivity contribution in [3.63, 3.8) is 0 Å². The fourth-order valence-corrected chi connectivity index (χ4v) is 2.36. The molecular formula is C15H15F2N3O5. The summed E-state index contributed by atoms with van der Waals surface area (Å²) in [4.78, 5) is 5.43. The highest BCUT2D eigenvalue weighted by molar-refractivity contribution is 6.02. The van der Waals surface area contributed by atoms with Gasteiger partial charge in [-0.25, -0.2) is 0 Å². The van der Waals surface area contributed by atoms with Crippen molar-refractivity contribution in [2.24, 2.45) is 5.16 Å². The van der Waals surface area contributed by atoms with Gasteiger partial charge in [-0.2, -0.15) is 8.78 Å². The Morgan fingerprint density at radius 1 is 1.36 bits per heavy atom. The van der Waals surface area contributed by atoms with Crippen molar-refractivity contribution in [1.29, 1.82) is 0 Å². The summed E-state index contributed by atoms with van der Waals surface area (Å²) in [6, 6.07) is 4.40. The summed E-state index contributed by atoms with van der Waals surface area (Å²) in [6.07, 6.45) is 1.53. The minimum absolute atomic E-state index is 0.0638. The number of benzene rings is 1. The lowest BCUT2D eigenvalue weighted by Crippen LogP contribution is -2.22. The van der Waals surface area contributed by atoms with Gasteiger partial charge in [-0.05, 0) is 25.1 Å². The largest absolute Gasteiger partial charge is 0.487 e. The standard InChI is InChI=1S/C15H15F2N3O5/c1-15(13-19-18-8-23-13)7-10(20-25-15)9-2-3-11(24-14(16)17)12(6-9)22-5-4-21/h2-3,6,8,14,21H,4-5,7H2,1H3. The van der Waals surface area contributed by atoms with Crippen molar-refractivity contribution in [2.75, 3.05) is 13.2 Å². The van der Waals surface area contributed by atoms with E-state index in [1.807, 2.05) is 0 Å². The van der Waals surface area contributed by atoms with E-state index in [-0.39, 0.29) is 30.6 Å². The third kappa shape index (κ3) is 3.68. The van der Waals surface area contributed by atoms with Gasteiger partial charge in [0.1, 0.15) is 6.61 Å². The first-order valence-electron chi connectivity index (χ1n) is 7.36. The number of nitrogens with zero attached hydrogens (tertiary/aromatic N) is 3. The molecule has 1 aliphatic heterocycles. The fourth-order valence-electron chi connectivity index (χ4n) is 2.36. The van der Waals surface area contributed by atoms with E-state index in [4.69, 9.17) is 19.1 Å². The number of hydrogen-bond acceptors (Lipinski definition) is 8. The molecule has 2 aromatic rings. The predicted molar refractivity (Wildman–Crippen MR) is 79.5 cm³/mol. The molecule has 0 fully saturated rings. The summed E-state index contributed by atoms with van der Waals surface area (Å²) in [5.41, 5.74) is 0.242.